The van der Waals surface area contributed by atoms with Crippen molar-refractivity contribution in [2.75, 3.05) is 18.0 Å². The largest absolute Gasteiger partial charge is 0.372 e. The van der Waals surface area contributed by atoms with E-state index < -0.39 is 0 Å². The molecule has 0 aliphatic rings. The second-order valence-corrected chi connectivity index (χ2v) is 6.86. The highest BCUT2D eigenvalue weighted by Gasteiger charge is 2.08. The maximum Gasteiger partial charge on any atom is 0.0377 e. The lowest BCUT2D eigenvalue weighted by molar-refractivity contribution is 0.588. The Labute approximate surface area is 139 Å². The van der Waals surface area contributed by atoms with E-state index in [2.05, 4.69) is 72.0 Å². The molecule has 0 aromatic heterocycles. The minimum Gasteiger partial charge on any atom is -0.372 e. The number of hydrogen-bond donors (Lipinski definition) is 1. The minimum atomic E-state index is 0.516. The molecule has 0 bridgehead atoms. The molecule has 1 aromatic rings. The topological polar surface area (TPSA) is 15.3 Å². The average molecular weight is 355 g/mol. The van der Waals surface area contributed by atoms with Gasteiger partial charge < -0.3 is 10.2 Å². The molecule has 0 fully saturated rings. The second-order valence-electron chi connectivity index (χ2n) is 6.01. The van der Waals surface area contributed by atoms with Crippen LogP contribution in [0.1, 0.15) is 58.9 Å². The van der Waals surface area contributed by atoms with Crippen molar-refractivity contribution in [2.45, 2.75) is 66.0 Å². The van der Waals surface area contributed by atoms with Gasteiger partial charge >= 0.3 is 0 Å². The molecule has 1 rings (SSSR count). The molecule has 0 unspecified atom stereocenters. The van der Waals surface area contributed by atoms with Crippen molar-refractivity contribution >= 4 is 21.6 Å². The lowest BCUT2D eigenvalue weighted by atomic mass is 10.1. The monoisotopic (exact) mass is 354 g/mol. The van der Waals surface area contributed by atoms with Gasteiger partial charge in [-0.1, -0.05) is 62.5 Å². The Bertz CT molecular complexity index is 396. The molecular weight excluding hydrogens is 324 g/mol. The number of benzene rings is 1. The molecule has 0 heterocycles. The average Bonchev–Trinajstić information content (AvgIpc) is 2.46. The molecule has 0 aliphatic heterocycles. The van der Waals surface area contributed by atoms with Crippen molar-refractivity contribution in [3.05, 3.63) is 28.2 Å². The lowest BCUT2D eigenvalue weighted by Crippen LogP contribution is -2.26. The number of nitrogens with zero attached hydrogens (tertiary/aromatic N) is 1. The summed E-state index contributed by atoms with van der Waals surface area (Å²) in [5.74, 6) is 0. The van der Waals surface area contributed by atoms with Gasteiger partial charge in [0.1, 0.15) is 0 Å². The third-order valence-corrected chi connectivity index (χ3v) is 4.40. The third-order valence-electron chi connectivity index (χ3n) is 3.67. The van der Waals surface area contributed by atoms with Crippen LogP contribution in [0.25, 0.3) is 0 Å². The quantitative estimate of drug-likeness (QED) is 0.608. The number of rotatable bonds is 10. The van der Waals surface area contributed by atoms with Gasteiger partial charge in [-0.15, -0.1) is 0 Å². The fourth-order valence-electron chi connectivity index (χ4n) is 2.26. The number of anilines is 1. The minimum absolute atomic E-state index is 0.516. The first-order valence-corrected chi connectivity index (χ1v) is 9.14. The molecule has 120 valence electrons. The SMILES string of the molecule is CCCCN(CCCC)c1ccc(CNC(C)C)c(Br)c1. The van der Waals surface area contributed by atoms with Crippen molar-refractivity contribution in [2.24, 2.45) is 0 Å². The Morgan fingerprint density at radius 1 is 1.10 bits per heavy atom. The van der Waals surface area contributed by atoms with Crippen molar-refractivity contribution in [3.63, 3.8) is 0 Å². The molecule has 3 heteroatoms. The van der Waals surface area contributed by atoms with E-state index in [4.69, 9.17) is 0 Å². The zero-order chi connectivity index (χ0) is 15.7. The first-order chi connectivity index (χ1) is 10.1. The second kappa shape index (κ2) is 10.2. The van der Waals surface area contributed by atoms with Crippen LogP contribution in [0.15, 0.2) is 22.7 Å². The molecule has 1 N–H and O–H groups in total. The van der Waals surface area contributed by atoms with Crippen LogP contribution < -0.4 is 10.2 Å². The van der Waals surface area contributed by atoms with Crippen LogP contribution in [0.3, 0.4) is 0 Å². The van der Waals surface area contributed by atoms with Gasteiger partial charge in [0.15, 0.2) is 0 Å². The maximum atomic E-state index is 3.74. The summed E-state index contributed by atoms with van der Waals surface area (Å²) in [6, 6.07) is 7.32. The van der Waals surface area contributed by atoms with E-state index in [0.29, 0.717) is 6.04 Å². The van der Waals surface area contributed by atoms with E-state index in [9.17, 15) is 0 Å². The lowest BCUT2D eigenvalue weighted by Gasteiger charge is -2.25. The summed E-state index contributed by atoms with van der Waals surface area (Å²) in [5, 5.41) is 3.48. The Kier molecular flexibility index (Phi) is 9.02. The maximum absolute atomic E-state index is 3.74. The molecular formula is C18H31BrN2. The van der Waals surface area contributed by atoms with Gasteiger partial charge in [-0.25, -0.2) is 0 Å². The molecule has 0 atom stereocenters. The molecule has 1 aromatic carbocycles. The van der Waals surface area contributed by atoms with Crippen LogP contribution in [0.5, 0.6) is 0 Å². The van der Waals surface area contributed by atoms with Gasteiger partial charge in [0.05, 0.1) is 0 Å². The van der Waals surface area contributed by atoms with E-state index in [1.54, 1.807) is 0 Å². The number of hydrogen-bond acceptors (Lipinski definition) is 2. The van der Waals surface area contributed by atoms with Gasteiger partial charge in [0, 0.05) is 35.8 Å². The summed E-state index contributed by atoms with van der Waals surface area (Å²) in [5.41, 5.74) is 2.68. The van der Waals surface area contributed by atoms with Crippen molar-refractivity contribution < 1.29 is 0 Å². The standard InChI is InChI=1S/C18H31BrN2/c1-5-7-11-21(12-8-6-2)17-10-9-16(18(19)13-17)14-20-15(3)4/h9-10,13,15,20H,5-8,11-12,14H2,1-4H3. The Morgan fingerprint density at radius 3 is 2.19 bits per heavy atom. The van der Waals surface area contributed by atoms with Crippen LogP contribution in [0.4, 0.5) is 5.69 Å². The first-order valence-electron chi connectivity index (χ1n) is 8.35. The highest BCUT2D eigenvalue weighted by molar-refractivity contribution is 9.10. The van der Waals surface area contributed by atoms with Crippen LogP contribution in [0, 0.1) is 0 Å². The van der Waals surface area contributed by atoms with Crippen molar-refractivity contribution in [1.29, 1.82) is 0 Å². The smallest absolute Gasteiger partial charge is 0.0377 e. The predicted octanol–water partition coefficient (Wildman–Crippen LogP) is 5.35. The molecule has 2 nitrogen and oxygen atoms in total. The van der Waals surface area contributed by atoms with Gasteiger partial charge in [0.2, 0.25) is 0 Å². The van der Waals surface area contributed by atoms with Crippen LogP contribution >= 0.6 is 15.9 Å². The van der Waals surface area contributed by atoms with Crippen LogP contribution in [0.2, 0.25) is 0 Å². The van der Waals surface area contributed by atoms with E-state index in [0.717, 1.165) is 19.6 Å². The zero-order valence-electron chi connectivity index (χ0n) is 14.1. The van der Waals surface area contributed by atoms with E-state index in [1.807, 2.05) is 0 Å². The van der Waals surface area contributed by atoms with Gasteiger partial charge in [-0.3, -0.25) is 0 Å². The molecule has 0 saturated carbocycles. The van der Waals surface area contributed by atoms with Gasteiger partial charge in [0.25, 0.3) is 0 Å². The van der Waals surface area contributed by atoms with Gasteiger partial charge in [-0.05, 0) is 30.5 Å². The predicted molar refractivity (Wildman–Crippen MR) is 98.1 cm³/mol. The van der Waals surface area contributed by atoms with E-state index >= 15 is 0 Å². The molecule has 0 saturated heterocycles. The van der Waals surface area contributed by atoms with E-state index in [1.165, 1.54) is 41.4 Å². The highest BCUT2D eigenvalue weighted by atomic mass is 79.9. The molecule has 21 heavy (non-hydrogen) atoms. The Hall–Kier alpha value is -0.540. The summed E-state index contributed by atoms with van der Waals surface area (Å²) >= 11 is 3.74. The zero-order valence-corrected chi connectivity index (χ0v) is 15.7. The molecule has 0 amide bonds. The molecule has 0 aliphatic carbocycles. The van der Waals surface area contributed by atoms with Crippen molar-refractivity contribution in [3.8, 4) is 0 Å². The summed E-state index contributed by atoms with van der Waals surface area (Å²) in [7, 11) is 0. The molecule has 0 spiro atoms. The summed E-state index contributed by atoms with van der Waals surface area (Å²) in [4.78, 5) is 2.53. The van der Waals surface area contributed by atoms with Crippen molar-refractivity contribution in [1.82, 2.24) is 5.32 Å². The first kappa shape index (κ1) is 18.5. The number of nitrogens with one attached hydrogen (secondary N) is 1. The fraction of sp³-hybridized carbons (Fsp3) is 0.667. The Morgan fingerprint density at radius 2 is 1.71 bits per heavy atom. The Balaban J connectivity index is 2.76. The summed E-state index contributed by atoms with van der Waals surface area (Å²) in [6.45, 7) is 12.1. The molecule has 0 radical (unpaired) electrons. The highest BCUT2D eigenvalue weighted by Crippen LogP contribution is 2.25. The number of unbranched alkanes of at least 4 members (excludes halogenated alkanes) is 2. The number of halogens is 1. The van der Waals surface area contributed by atoms with Crippen LogP contribution in [-0.4, -0.2) is 19.1 Å². The van der Waals surface area contributed by atoms with E-state index in [-0.39, 0.29) is 0 Å². The summed E-state index contributed by atoms with van der Waals surface area (Å²) in [6.07, 6.45) is 5.02. The normalized spacial score (nSPS) is 11.1. The third kappa shape index (κ3) is 6.84. The van der Waals surface area contributed by atoms with Gasteiger partial charge in [-0.2, -0.15) is 0 Å². The fourth-order valence-corrected chi connectivity index (χ4v) is 2.77. The summed E-state index contributed by atoms with van der Waals surface area (Å²) < 4.78 is 1.21. The van der Waals surface area contributed by atoms with Crippen LogP contribution in [-0.2, 0) is 6.54 Å².